The molecule has 23 heavy (non-hydrogen) atoms. The number of anilines is 1. The number of nitrogens with one attached hydrogen (secondary N) is 1. The van der Waals surface area contributed by atoms with Gasteiger partial charge in [-0.3, -0.25) is 0 Å². The standard InChI is InChI=1S/C19H32ClNOSi/c1-19(2,3)23(4,5)22-18-13-8-6-7-12-17(18)21-16-11-9-10-15(20)14-16/h9-11,14,17-18,21H,6-8,12-13H2,1-5H3. The fourth-order valence-electron chi connectivity index (χ4n) is 2.93. The molecule has 0 aliphatic heterocycles. The van der Waals surface area contributed by atoms with Gasteiger partial charge in [0.25, 0.3) is 0 Å². The van der Waals surface area contributed by atoms with Gasteiger partial charge in [-0.25, -0.2) is 0 Å². The lowest BCUT2D eigenvalue weighted by Gasteiger charge is -2.41. The first-order valence-corrected chi connectivity index (χ1v) is 12.2. The topological polar surface area (TPSA) is 21.3 Å². The predicted octanol–water partition coefficient (Wildman–Crippen LogP) is 6.48. The van der Waals surface area contributed by atoms with Crippen molar-refractivity contribution in [2.24, 2.45) is 0 Å². The van der Waals surface area contributed by atoms with E-state index in [0.29, 0.717) is 12.1 Å². The Morgan fingerprint density at radius 1 is 1.13 bits per heavy atom. The van der Waals surface area contributed by atoms with Crippen LogP contribution in [0.15, 0.2) is 24.3 Å². The van der Waals surface area contributed by atoms with Crippen molar-refractivity contribution < 1.29 is 4.43 Å². The van der Waals surface area contributed by atoms with Crippen molar-refractivity contribution in [1.82, 2.24) is 0 Å². The summed E-state index contributed by atoms with van der Waals surface area (Å²) in [7, 11) is -1.75. The number of rotatable bonds is 4. The zero-order chi connectivity index (χ0) is 17.1. The van der Waals surface area contributed by atoms with Crippen LogP contribution in [0.4, 0.5) is 5.69 Å². The first-order chi connectivity index (χ1) is 10.7. The Kier molecular flexibility index (Phi) is 6.20. The van der Waals surface area contributed by atoms with Gasteiger partial charge in [0.05, 0.1) is 12.1 Å². The average molecular weight is 354 g/mol. The minimum Gasteiger partial charge on any atom is -0.412 e. The third-order valence-corrected chi connectivity index (χ3v) is 10.1. The molecule has 2 nitrogen and oxygen atoms in total. The summed E-state index contributed by atoms with van der Waals surface area (Å²) in [6.45, 7) is 11.7. The maximum atomic E-state index is 6.78. The highest BCUT2D eigenvalue weighted by molar-refractivity contribution is 6.74. The number of halogens is 1. The van der Waals surface area contributed by atoms with E-state index in [9.17, 15) is 0 Å². The SMILES string of the molecule is CC(C)(C)[Si](C)(C)OC1CCCCCC1Nc1cccc(Cl)c1. The summed E-state index contributed by atoms with van der Waals surface area (Å²) in [5.41, 5.74) is 1.10. The summed E-state index contributed by atoms with van der Waals surface area (Å²) in [5.74, 6) is 0. The maximum absolute atomic E-state index is 6.78. The van der Waals surface area contributed by atoms with Crippen LogP contribution in [0.3, 0.4) is 0 Å². The second-order valence-electron chi connectivity index (χ2n) is 8.32. The van der Waals surface area contributed by atoms with Crippen molar-refractivity contribution in [3.05, 3.63) is 29.3 Å². The van der Waals surface area contributed by atoms with Gasteiger partial charge >= 0.3 is 0 Å². The summed E-state index contributed by atoms with van der Waals surface area (Å²) < 4.78 is 6.78. The van der Waals surface area contributed by atoms with Gasteiger partial charge in [0.1, 0.15) is 0 Å². The van der Waals surface area contributed by atoms with E-state index in [4.69, 9.17) is 16.0 Å². The maximum Gasteiger partial charge on any atom is 0.192 e. The smallest absolute Gasteiger partial charge is 0.192 e. The third-order valence-electron chi connectivity index (χ3n) is 5.38. The molecule has 1 aliphatic carbocycles. The zero-order valence-corrected chi connectivity index (χ0v) is 17.0. The van der Waals surface area contributed by atoms with E-state index in [2.05, 4.69) is 45.2 Å². The number of benzene rings is 1. The first kappa shape index (κ1) is 18.8. The number of hydrogen-bond acceptors (Lipinski definition) is 2. The van der Waals surface area contributed by atoms with E-state index in [1.807, 2.05) is 18.2 Å². The lowest BCUT2D eigenvalue weighted by Crippen LogP contribution is -2.48. The summed E-state index contributed by atoms with van der Waals surface area (Å²) >= 11 is 6.13. The summed E-state index contributed by atoms with van der Waals surface area (Å²) in [6, 6.07) is 8.41. The van der Waals surface area contributed by atoms with Crippen molar-refractivity contribution >= 4 is 25.6 Å². The van der Waals surface area contributed by atoms with Gasteiger partial charge in [0, 0.05) is 10.7 Å². The zero-order valence-electron chi connectivity index (χ0n) is 15.3. The molecule has 1 saturated carbocycles. The highest BCUT2D eigenvalue weighted by Gasteiger charge is 2.40. The van der Waals surface area contributed by atoms with Crippen molar-refractivity contribution in [2.45, 2.75) is 83.2 Å². The van der Waals surface area contributed by atoms with E-state index in [-0.39, 0.29) is 5.04 Å². The molecule has 1 N–H and O–H groups in total. The minimum absolute atomic E-state index is 0.250. The molecular formula is C19H32ClNOSi. The molecule has 1 aromatic carbocycles. The molecule has 0 saturated heterocycles. The average Bonchev–Trinajstić information content (AvgIpc) is 2.63. The monoisotopic (exact) mass is 353 g/mol. The van der Waals surface area contributed by atoms with Crippen LogP contribution in [0, 0.1) is 0 Å². The van der Waals surface area contributed by atoms with Gasteiger partial charge in [0.15, 0.2) is 8.32 Å². The van der Waals surface area contributed by atoms with E-state index in [1.54, 1.807) is 0 Å². The Morgan fingerprint density at radius 3 is 2.48 bits per heavy atom. The third kappa shape index (κ3) is 5.23. The van der Waals surface area contributed by atoms with Crippen molar-refractivity contribution in [2.75, 3.05) is 5.32 Å². The Hall–Kier alpha value is -0.513. The molecule has 0 radical (unpaired) electrons. The fraction of sp³-hybridized carbons (Fsp3) is 0.684. The molecule has 0 aromatic heterocycles. The van der Waals surface area contributed by atoms with Crippen molar-refractivity contribution in [3.8, 4) is 0 Å². The van der Waals surface area contributed by atoms with Crippen molar-refractivity contribution in [3.63, 3.8) is 0 Å². The molecule has 130 valence electrons. The molecule has 2 unspecified atom stereocenters. The van der Waals surface area contributed by atoms with Crippen molar-refractivity contribution in [1.29, 1.82) is 0 Å². The van der Waals surface area contributed by atoms with E-state index >= 15 is 0 Å². The summed E-state index contributed by atoms with van der Waals surface area (Å²) in [5, 5.41) is 4.73. The van der Waals surface area contributed by atoms with E-state index < -0.39 is 8.32 Å². The van der Waals surface area contributed by atoms with Gasteiger partial charge in [-0.2, -0.15) is 0 Å². The van der Waals surface area contributed by atoms with Crippen LogP contribution >= 0.6 is 11.6 Å². The Labute approximate surface area is 148 Å². The summed E-state index contributed by atoms with van der Waals surface area (Å²) in [6.07, 6.45) is 6.49. The minimum atomic E-state index is -1.75. The Morgan fingerprint density at radius 2 is 1.83 bits per heavy atom. The highest BCUT2D eigenvalue weighted by Crippen LogP contribution is 2.39. The molecule has 1 aliphatic rings. The molecule has 0 amide bonds. The van der Waals surface area contributed by atoms with Crippen LogP contribution in [0.5, 0.6) is 0 Å². The second kappa shape index (κ2) is 7.58. The molecule has 0 heterocycles. The molecule has 2 rings (SSSR count). The van der Waals surface area contributed by atoms with Gasteiger partial charge in [-0.15, -0.1) is 0 Å². The van der Waals surface area contributed by atoms with E-state index in [0.717, 1.165) is 17.1 Å². The Balaban J connectivity index is 2.13. The van der Waals surface area contributed by atoms with Gasteiger partial charge in [-0.1, -0.05) is 57.7 Å². The molecule has 0 spiro atoms. The lowest BCUT2D eigenvalue weighted by atomic mass is 10.1. The molecule has 4 heteroatoms. The molecule has 0 bridgehead atoms. The van der Waals surface area contributed by atoms with Crippen LogP contribution < -0.4 is 5.32 Å². The molecular weight excluding hydrogens is 322 g/mol. The van der Waals surface area contributed by atoms with Crippen LogP contribution in [0.1, 0.15) is 52.9 Å². The Bertz CT molecular complexity index is 512. The van der Waals surface area contributed by atoms with Gasteiger partial charge in [0.2, 0.25) is 0 Å². The van der Waals surface area contributed by atoms with Crippen LogP contribution in [0.25, 0.3) is 0 Å². The highest BCUT2D eigenvalue weighted by atomic mass is 35.5. The predicted molar refractivity (Wildman–Crippen MR) is 104 cm³/mol. The van der Waals surface area contributed by atoms with Gasteiger partial charge in [-0.05, 0) is 49.2 Å². The quantitative estimate of drug-likeness (QED) is 0.494. The normalized spacial score (nSPS) is 23.4. The molecule has 1 aromatic rings. The van der Waals surface area contributed by atoms with Crippen LogP contribution in [0.2, 0.25) is 23.2 Å². The lowest BCUT2D eigenvalue weighted by molar-refractivity contribution is 0.151. The van der Waals surface area contributed by atoms with E-state index in [1.165, 1.54) is 25.7 Å². The molecule has 2 atom stereocenters. The molecule has 1 fully saturated rings. The number of hydrogen-bond donors (Lipinski definition) is 1. The van der Waals surface area contributed by atoms with Crippen LogP contribution in [-0.2, 0) is 4.43 Å². The summed E-state index contributed by atoms with van der Waals surface area (Å²) in [4.78, 5) is 0. The van der Waals surface area contributed by atoms with Crippen LogP contribution in [-0.4, -0.2) is 20.5 Å². The second-order valence-corrected chi connectivity index (χ2v) is 13.5. The largest absolute Gasteiger partial charge is 0.412 e. The first-order valence-electron chi connectivity index (χ1n) is 8.89. The fourth-order valence-corrected chi connectivity index (χ4v) is 4.51. The van der Waals surface area contributed by atoms with Gasteiger partial charge < -0.3 is 9.74 Å².